The number of hydrogen-bond donors (Lipinski definition) is 0. The van der Waals surface area contributed by atoms with E-state index in [-0.39, 0.29) is 11.9 Å². The zero-order valence-electron chi connectivity index (χ0n) is 8.77. The summed E-state index contributed by atoms with van der Waals surface area (Å²) in [7, 11) is 1.60. The Hall–Kier alpha value is -0.490. The van der Waals surface area contributed by atoms with Crippen LogP contribution in [0, 0.1) is 5.92 Å². The van der Waals surface area contributed by atoms with Gasteiger partial charge >= 0.3 is 5.97 Å². The van der Waals surface area contributed by atoms with Gasteiger partial charge in [-0.1, -0.05) is 39.3 Å². The van der Waals surface area contributed by atoms with Crippen molar-refractivity contribution in [3.05, 3.63) is 40.8 Å². The fraction of sp³-hybridized carbons (Fsp3) is 0.250. The molecule has 0 heterocycles. The standard InChI is InChI=1S/C12H11IO2S/c1-2-15-12(14)10-9(11(10)16-13)8-6-4-3-5-7-8/h3-7,10H,2H2,1H3. The van der Waals surface area contributed by atoms with Gasteiger partial charge < -0.3 is 4.74 Å². The van der Waals surface area contributed by atoms with Crippen LogP contribution in [0.15, 0.2) is 35.2 Å². The van der Waals surface area contributed by atoms with Gasteiger partial charge in [0.1, 0.15) is 5.92 Å². The molecular weight excluding hydrogens is 335 g/mol. The first kappa shape index (κ1) is 12.0. The second-order valence-corrected chi connectivity index (χ2v) is 5.32. The van der Waals surface area contributed by atoms with E-state index < -0.39 is 0 Å². The third kappa shape index (κ3) is 2.27. The van der Waals surface area contributed by atoms with E-state index in [2.05, 4.69) is 21.2 Å². The molecule has 0 radical (unpaired) electrons. The molecule has 1 atom stereocenters. The Morgan fingerprint density at radius 1 is 1.44 bits per heavy atom. The maximum absolute atomic E-state index is 11.7. The van der Waals surface area contributed by atoms with Crippen molar-refractivity contribution in [3.63, 3.8) is 0 Å². The van der Waals surface area contributed by atoms with Crippen LogP contribution in [0.5, 0.6) is 0 Å². The second kappa shape index (κ2) is 5.23. The monoisotopic (exact) mass is 346 g/mol. The molecule has 0 amide bonds. The fourth-order valence-electron chi connectivity index (χ4n) is 1.67. The van der Waals surface area contributed by atoms with E-state index in [1.165, 1.54) is 0 Å². The predicted octanol–water partition coefficient (Wildman–Crippen LogP) is 3.67. The Morgan fingerprint density at radius 3 is 2.69 bits per heavy atom. The predicted molar refractivity (Wildman–Crippen MR) is 75.1 cm³/mol. The number of rotatable bonds is 4. The van der Waals surface area contributed by atoms with Gasteiger partial charge in [0.15, 0.2) is 0 Å². The van der Waals surface area contributed by atoms with E-state index in [9.17, 15) is 4.79 Å². The van der Waals surface area contributed by atoms with Crippen LogP contribution < -0.4 is 0 Å². The van der Waals surface area contributed by atoms with Crippen molar-refractivity contribution in [1.82, 2.24) is 0 Å². The first-order valence-corrected chi connectivity index (χ1v) is 8.40. The van der Waals surface area contributed by atoms with Crippen molar-refractivity contribution in [1.29, 1.82) is 0 Å². The zero-order valence-corrected chi connectivity index (χ0v) is 11.7. The van der Waals surface area contributed by atoms with Crippen molar-refractivity contribution in [2.24, 2.45) is 5.92 Å². The molecular formula is C12H11IO2S. The quantitative estimate of drug-likeness (QED) is 0.615. The lowest BCUT2D eigenvalue weighted by molar-refractivity contribution is -0.143. The van der Waals surface area contributed by atoms with Gasteiger partial charge in [-0.3, -0.25) is 4.79 Å². The molecule has 0 fully saturated rings. The molecule has 16 heavy (non-hydrogen) atoms. The highest BCUT2D eigenvalue weighted by atomic mass is 127. The molecule has 0 aliphatic heterocycles. The first-order valence-electron chi connectivity index (χ1n) is 5.04. The van der Waals surface area contributed by atoms with E-state index in [4.69, 9.17) is 4.74 Å². The molecule has 0 saturated heterocycles. The van der Waals surface area contributed by atoms with Crippen LogP contribution in [0.1, 0.15) is 12.5 Å². The van der Waals surface area contributed by atoms with E-state index >= 15 is 0 Å². The average molecular weight is 346 g/mol. The van der Waals surface area contributed by atoms with Gasteiger partial charge in [-0.25, -0.2) is 0 Å². The lowest BCUT2D eigenvalue weighted by atomic mass is 10.1. The van der Waals surface area contributed by atoms with Crippen molar-refractivity contribution in [2.45, 2.75) is 6.92 Å². The lowest BCUT2D eigenvalue weighted by Gasteiger charge is -2.01. The maximum Gasteiger partial charge on any atom is 0.318 e. The van der Waals surface area contributed by atoms with Gasteiger partial charge in [0.25, 0.3) is 0 Å². The van der Waals surface area contributed by atoms with E-state index in [1.54, 1.807) is 8.93 Å². The molecule has 2 nitrogen and oxygen atoms in total. The second-order valence-electron chi connectivity index (χ2n) is 3.41. The number of halogens is 1. The summed E-state index contributed by atoms with van der Waals surface area (Å²) in [6, 6.07) is 10.0. The summed E-state index contributed by atoms with van der Waals surface area (Å²) in [4.78, 5) is 12.8. The van der Waals surface area contributed by atoms with Crippen molar-refractivity contribution in [3.8, 4) is 0 Å². The van der Waals surface area contributed by atoms with Gasteiger partial charge in [-0.2, -0.15) is 0 Å². The summed E-state index contributed by atoms with van der Waals surface area (Å²) in [6.07, 6.45) is 0. The Bertz CT molecular complexity index is 428. The Kier molecular flexibility index (Phi) is 3.91. The third-order valence-corrected chi connectivity index (χ3v) is 4.47. The minimum Gasteiger partial charge on any atom is -0.465 e. The van der Waals surface area contributed by atoms with Crippen molar-refractivity contribution in [2.75, 3.05) is 6.61 Å². The van der Waals surface area contributed by atoms with Crippen LogP contribution >= 0.6 is 30.1 Å². The van der Waals surface area contributed by atoms with Gasteiger partial charge in [-0.05, 0) is 18.1 Å². The Morgan fingerprint density at radius 2 is 2.12 bits per heavy atom. The zero-order chi connectivity index (χ0) is 11.5. The summed E-state index contributed by atoms with van der Waals surface area (Å²) >= 11 is 2.21. The topological polar surface area (TPSA) is 26.3 Å². The molecule has 0 bridgehead atoms. The van der Waals surface area contributed by atoms with Crippen LogP contribution in [-0.4, -0.2) is 12.6 Å². The molecule has 0 N–H and O–H groups in total. The number of carbonyl (C=O) groups is 1. The van der Waals surface area contributed by atoms with E-state index in [1.807, 2.05) is 37.3 Å². The molecule has 0 spiro atoms. The fourth-order valence-corrected chi connectivity index (χ4v) is 3.70. The van der Waals surface area contributed by atoms with Gasteiger partial charge in [0.05, 0.1) is 6.61 Å². The maximum atomic E-state index is 11.7. The molecule has 0 aromatic heterocycles. The molecule has 1 aliphatic carbocycles. The normalized spacial score (nSPS) is 18.5. The van der Waals surface area contributed by atoms with Crippen LogP contribution in [0.3, 0.4) is 0 Å². The van der Waals surface area contributed by atoms with E-state index in [0.717, 1.165) is 16.0 Å². The minimum absolute atomic E-state index is 0.121. The highest BCUT2D eigenvalue weighted by Gasteiger charge is 2.44. The van der Waals surface area contributed by atoms with Crippen LogP contribution in [0.4, 0.5) is 0 Å². The smallest absolute Gasteiger partial charge is 0.318 e. The molecule has 4 heteroatoms. The Labute approximate surface area is 111 Å². The molecule has 1 unspecified atom stereocenters. The van der Waals surface area contributed by atoms with Crippen LogP contribution in [0.25, 0.3) is 5.57 Å². The summed E-state index contributed by atoms with van der Waals surface area (Å²) < 4.78 is 5.05. The molecule has 1 aliphatic rings. The summed E-state index contributed by atoms with van der Waals surface area (Å²) in [5.41, 5.74) is 2.25. The molecule has 2 rings (SSSR count). The highest BCUT2D eigenvalue weighted by Crippen LogP contribution is 2.55. The number of carbonyl (C=O) groups excluding carboxylic acids is 1. The van der Waals surface area contributed by atoms with Crippen molar-refractivity contribution >= 4 is 41.7 Å². The highest BCUT2D eigenvalue weighted by molar-refractivity contribution is 14.2. The summed E-state index contributed by atoms with van der Waals surface area (Å²) in [6.45, 7) is 2.27. The summed E-state index contributed by atoms with van der Waals surface area (Å²) in [5.74, 6) is -0.246. The molecule has 0 saturated carbocycles. The van der Waals surface area contributed by atoms with Gasteiger partial charge in [-0.15, -0.1) is 0 Å². The Balaban J connectivity index is 2.16. The van der Waals surface area contributed by atoms with Crippen LogP contribution in [-0.2, 0) is 9.53 Å². The third-order valence-electron chi connectivity index (χ3n) is 2.42. The van der Waals surface area contributed by atoms with Gasteiger partial charge in [0, 0.05) is 26.1 Å². The van der Waals surface area contributed by atoms with Crippen molar-refractivity contribution < 1.29 is 9.53 Å². The molecule has 1 aromatic rings. The minimum atomic E-state index is -0.125. The number of benzene rings is 1. The summed E-state index contributed by atoms with van der Waals surface area (Å²) in [5, 5.41) is 0. The first-order chi connectivity index (χ1) is 7.79. The lowest BCUT2D eigenvalue weighted by Crippen LogP contribution is -2.08. The SMILES string of the molecule is CCOC(=O)C1C(SI)=C1c1ccccc1. The van der Waals surface area contributed by atoms with Crippen LogP contribution in [0.2, 0.25) is 0 Å². The molecule has 84 valence electrons. The van der Waals surface area contributed by atoms with E-state index in [0.29, 0.717) is 6.61 Å². The van der Waals surface area contributed by atoms with Gasteiger partial charge in [0.2, 0.25) is 0 Å². The average Bonchev–Trinajstić information content (AvgIpc) is 3.05. The number of esters is 1. The largest absolute Gasteiger partial charge is 0.465 e. The molecule has 1 aromatic carbocycles. The number of ether oxygens (including phenoxy) is 1. The number of hydrogen-bond acceptors (Lipinski definition) is 3.